The minimum atomic E-state index is -0.157. The van der Waals surface area contributed by atoms with Crippen LogP contribution in [0.1, 0.15) is 25.8 Å². The Morgan fingerprint density at radius 3 is 3.00 bits per heavy atom. The first-order valence-electron chi connectivity index (χ1n) is 5.60. The van der Waals surface area contributed by atoms with Gasteiger partial charge in [0, 0.05) is 12.8 Å². The van der Waals surface area contributed by atoms with E-state index in [-0.39, 0.29) is 11.6 Å². The molecule has 2 unspecified atom stereocenters. The van der Waals surface area contributed by atoms with E-state index in [2.05, 4.69) is 17.2 Å². The Bertz CT molecular complexity index is 468. The van der Waals surface area contributed by atoms with Gasteiger partial charge in [-0.25, -0.2) is 4.98 Å². The number of rotatable bonds is 2. The van der Waals surface area contributed by atoms with Crippen molar-refractivity contribution in [2.45, 2.75) is 31.9 Å². The Balaban J connectivity index is 2.22. The molecular formula is C12H16N4O. The van der Waals surface area contributed by atoms with Gasteiger partial charge in [-0.15, -0.1) is 0 Å². The third-order valence-electron chi connectivity index (χ3n) is 3.34. The smallest absolute Gasteiger partial charge is 0.149 e. The first-order chi connectivity index (χ1) is 8.05. The van der Waals surface area contributed by atoms with Gasteiger partial charge in [0.25, 0.3) is 0 Å². The number of ether oxygens (including phenoxy) is 1. The molecule has 2 heterocycles. The van der Waals surface area contributed by atoms with Crippen LogP contribution in [0.5, 0.6) is 0 Å². The molecule has 2 atom stereocenters. The number of hydrogen-bond acceptors (Lipinski definition) is 5. The lowest BCUT2D eigenvalue weighted by Crippen LogP contribution is -2.41. The molecule has 1 aliphatic heterocycles. The van der Waals surface area contributed by atoms with Gasteiger partial charge in [0.2, 0.25) is 0 Å². The monoisotopic (exact) mass is 232 g/mol. The van der Waals surface area contributed by atoms with Crippen molar-refractivity contribution in [2.24, 2.45) is 0 Å². The van der Waals surface area contributed by atoms with Gasteiger partial charge >= 0.3 is 0 Å². The van der Waals surface area contributed by atoms with Crippen LogP contribution in [0, 0.1) is 11.3 Å². The van der Waals surface area contributed by atoms with E-state index in [0.717, 1.165) is 13.0 Å². The molecule has 0 spiro atoms. The van der Waals surface area contributed by atoms with Gasteiger partial charge in [0.1, 0.15) is 11.9 Å². The van der Waals surface area contributed by atoms with Gasteiger partial charge < -0.3 is 15.8 Å². The molecule has 1 saturated heterocycles. The maximum atomic E-state index is 8.74. The largest absolute Gasteiger partial charge is 0.396 e. The van der Waals surface area contributed by atoms with Crippen LogP contribution in [-0.2, 0) is 4.74 Å². The summed E-state index contributed by atoms with van der Waals surface area (Å²) >= 11 is 0. The van der Waals surface area contributed by atoms with E-state index in [1.165, 1.54) is 6.20 Å². The van der Waals surface area contributed by atoms with E-state index in [0.29, 0.717) is 17.1 Å². The van der Waals surface area contributed by atoms with E-state index in [9.17, 15) is 0 Å². The molecule has 3 N–H and O–H groups in total. The number of aromatic nitrogens is 1. The highest BCUT2D eigenvalue weighted by molar-refractivity contribution is 5.64. The summed E-state index contributed by atoms with van der Waals surface area (Å²) in [5, 5.41) is 12.1. The van der Waals surface area contributed by atoms with Crippen LogP contribution in [0.4, 0.5) is 11.5 Å². The summed E-state index contributed by atoms with van der Waals surface area (Å²) in [5.74, 6) is 0.615. The predicted octanol–water partition coefficient (Wildman–Crippen LogP) is 1.51. The van der Waals surface area contributed by atoms with Crippen LogP contribution in [0.2, 0.25) is 0 Å². The van der Waals surface area contributed by atoms with Gasteiger partial charge in [-0.2, -0.15) is 5.26 Å². The van der Waals surface area contributed by atoms with Gasteiger partial charge in [-0.05, 0) is 26.3 Å². The Labute approximate surface area is 101 Å². The van der Waals surface area contributed by atoms with Gasteiger partial charge in [0.15, 0.2) is 0 Å². The van der Waals surface area contributed by atoms with Crippen LogP contribution in [0.25, 0.3) is 0 Å². The number of nitrogens with zero attached hydrogens (tertiary/aromatic N) is 2. The molecule has 0 bridgehead atoms. The van der Waals surface area contributed by atoms with Crippen LogP contribution < -0.4 is 11.1 Å². The summed E-state index contributed by atoms with van der Waals surface area (Å²) in [6.07, 6.45) is 2.54. The fraction of sp³-hybridized carbons (Fsp3) is 0.500. The molecule has 1 fully saturated rings. The fourth-order valence-corrected chi connectivity index (χ4v) is 1.92. The average Bonchev–Trinajstić information content (AvgIpc) is 2.62. The van der Waals surface area contributed by atoms with Gasteiger partial charge in [-0.3, -0.25) is 0 Å². The van der Waals surface area contributed by atoms with Crippen LogP contribution >= 0.6 is 0 Å². The number of pyridine rings is 1. The van der Waals surface area contributed by atoms with Crippen molar-refractivity contribution in [1.82, 2.24) is 4.98 Å². The fourth-order valence-electron chi connectivity index (χ4n) is 1.92. The molecule has 5 heteroatoms. The Morgan fingerprint density at radius 2 is 2.47 bits per heavy atom. The first kappa shape index (κ1) is 11.7. The van der Waals surface area contributed by atoms with E-state index < -0.39 is 0 Å². The molecule has 0 aromatic carbocycles. The second kappa shape index (κ2) is 4.22. The Hall–Kier alpha value is -1.80. The second-order valence-corrected chi connectivity index (χ2v) is 4.58. The zero-order valence-electron chi connectivity index (χ0n) is 10.0. The van der Waals surface area contributed by atoms with E-state index in [1.54, 1.807) is 6.07 Å². The summed E-state index contributed by atoms with van der Waals surface area (Å²) in [5.41, 5.74) is 6.66. The summed E-state index contributed by atoms with van der Waals surface area (Å²) in [7, 11) is 0. The van der Waals surface area contributed by atoms with Gasteiger partial charge in [0.05, 0.1) is 22.9 Å². The lowest BCUT2D eigenvalue weighted by molar-refractivity contribution is 0.105. The number of anilines is 2. The van der Waals surface area contributed by atoms with Crippen molar-refractivity contribution in [2.75, 3.05) is 17.7 Å². The minimum Gasteiger partial charge on any atom is -0.396 e. The first-order valence-corrected chi connectivity index (χ1v) is 5.60. The predicted molar refractivity (Wildman–Crippen MR) is 65.4 cm³/mol. The van der Waals surface area contributed by atoms with Crippen molar-refractivity contribution in [3.63, 3.8) is 0 Å². The molecule has 0 saturated carbocycles. The molecule has 5 nitrogen and oxygen atoms in total. The summed E-state index contributed by atoms with van der Waals surface area (Å²) in [4.78, 5) is 4.18. The number of hydrogen-bond donors (Lipinski definition) is 2. The molecule has 0 radical (unpaired) electrons. The zero-order valence-corrected chi connectivity index (χ0v) is 10.0. The normalized spacial score (nSPS) is 27.7. The lowest BCUT2D eigenvalue weighted by atomic mass is 9.94. The van der Waals surface area contributed by atoms with Crippen molar-refractivity contribution < 1.29 is 4.74 Å². The number of nitriles is 1. The van der Waals surface area contributed by atoms with Crippen LogP contribution in [0.3, 0.4) is 0 Å². The molecular weight excluding hydrogens is 216 g/mol. The minimum absolute atomic E-state index is 0.111. The number of nitrogens with two attached hydrogens (primary N) is 1. The summed E-state index contributed by atoms with van der Waals surface area (Å²) in [6.45, 7) is 4.85. The Morgan fingerprint density at radius 1 is 1.71 bits per heavy atom. The van der Waals surface area contributed by atoms with Crippen LogP contribution in [0.15, 0.2) is 12.3 Å². The number of nitrogen functional groups attached to an aromatic ring is 1. The summed E-state index contributed by atoms with van der Waals surface area (Å²) in [6, 6.07) is 3.64. The maximum Gasteiger partial charge on any atom is 0.149 e. The van der Waals surface area contributed by atoms with Crippen molar-refractivity contribution >= 4 is 11.5 Å². The second-order valence-electron chi connectivity index (χ2n) is 4.58. The van der Waals surface area contributed by atoms with Gasteiger partial charge in [-0.1, -0.05) is 0 Å². The quantitative estimate of drug-likeness (QED) is 0.807. The van der Waals surface area contributed by atoms with Crippen molar-refractivity contribution in [3.05, 3.63) is 17.8 Å². The third kappa shape index (κ3) is 2.17. The molecule has 1 aromatic rings. The number of nitrogens with one attached hydrogen (secondary N) is 1. The van der Waals surface area contributed by atoms with Crippen molar-refractivity contribution in [3.8, 4) is 6.07 Å². The Kier molecular flexibility index (Phi) is 2.90. The summed E-state index contributed by atoms with van der Waals surface area (Å²) < 4.78 is 5.54. The van der Waals surface area contributed by atoms with Crippen LogP contribution in [-0.4, -0.2) is 23.2 Å². The SMILES string of the molecule is CC1OCCC1(C)Nc1ncc(C#N)cc1N. The molecule has 0 aliphatic carbocycles. The highest BCUT2D eigenvalue weighted by atomic mass is 16.5. The standard InChI is InChI=1S/C12H16N4O/c1-8-12(2,3-4-17-8)16-11-10(14)5-9(6-13)7-15-11/h5,7-8H,3-4,14H2,1-2H3,(H,15,16). The van der Waals surface area contributed by atoms with E-state index in [1.807, 2.05) is 13.0 Å². The van der Waals surface area contributed by atoms with Crippen molar-refractivity contribution in [1.29, 1.82) is 5.26 Å². The van der Waals surface area contributed by atoms with E-state index in [4.69, 9.17) is 15.7 Å². The molecule has 2 rings (SSSR count). The lowest BCUT2D eigenvalue weighted by Gasteiger charge is -2.30. The highest BCUT2D eigenvalue weighted by Crippen LogP contribution is 2.30. The topological polar surface area (TPSA) is 84.0 Å². The zero-order chi connectivity index (χ0) is 12.5. The molecule has 0 amide bonds. The highest BCUT2D eigenvalue weighted by Gasteiger charge is 2.37. The molecule has 1 aromatic heterocycles. The molecule has 17 heavy (non-hydrogen) atoms. The molecule has 1 aliphatic rings. The average molecular weight is 232 g/mol. The molecule has 90 valence electrons. The third-order valence-corrected chi connectivity index (χ3v) is 3.34. The van der Waals surface area contributed by atoms with E-state index >= 15 is 0 Å². The maximum absolute atomic E-state index is 8.74.